The van der Waals surface area contributed by atoms with Crippen molar-refractivity contribution in [2.24, 2.45) is 0 Å². The summed E-state index contributed by atoms with van der Waals surface area (Å²) >= 11 is 0. The predicted molar refractivity (Wildman–Crippen MR) is 99.9 cm³/mol. The van der Waals surface area contributed by atoms with Gasteiger partial charge in [-0.05, 0) is 25.0 Å². The summed E-state index contributed by atoms with van der Waals surface area (Å²) in [4.78, 5) is 26.7. The molecule has 0 aliphatic rings. The molecule has 2 amide bonds. The van der Waals surface area contributed by atoms with E-state index in [-0.39, 0.29) is 30.6 Å². The van der Waals surface area contributed by atoms with Gasteiger partial charge in [-0.1, -0.05) is 55.5 Å². The maximum absolute atomic E-state index is 14.1. The lowest BCUT2D eigenvalue weighted by atomic mass is 10.1. The van der Waals surface area contributed by atoms with Crippen LogP contribution in [0.15, 0.2) is 54.6 Å². The summed E-state index contributed by atoms with van der Waals surface area (Å²) < 4.78 is 14.1. The maximum atomic E-state index is 14.1. The molecule has 26 heavy (non-hydrogen) atoms. The molecule has 0 aliphatic carbocycles. The van der Waals surface area contributed by atoms with Crippen LogP contribution in [0, 0.1) is 5.82 Å². The molecule has 1 N–H and O–H groups in total. The summed E-state index contributed by atoms with van der Waals surface area (Å²) in [6, 6.07) is 15.0. The highest BCUT2D eigenvalue weighted by atomic mass is 19.1. The Balaban J connectivity index is 2.21. The first-order valence-corrected chi connectivity index (χ1v) is 8.87. The number of rotatable bonds is 8. The van der Waals surface area contributed by atoms with E-state index in [1.807, 2.05) is 37.3 Å². The van der Waals surface area contributed by atoms with E-state index in [4.69, 9.17) is 0 Å². The summed E-state index contributed by atoms with van der Waals surface area (Å²) in [6.45, 7) is 4.24. The summed E-state index contributed by atoms with van der Waals surface area (Å²) in [5.41, 5.74) is 1.25. The molecule has 4 nitrogen and oxygen atoms in total. The van der Waals surface area contributed by atoms with Crippen LogP contribution in [0.5, 0.6) is 0 Å². The third-order valence-corrected chi connectivity index (χ3v) is 4.21. The van der Waals surface area contributed by atoms with Crippen molar-refractivity contribution in [3.63, 3.8) is 0 Å². The molecule has 1 atom stereocenters. The van der Waals surface area contributed by atoms with Crippen molar-refractivity contribution in [2.45, 2.75) is 39.3 Å². The smallest absolute Gasteiger partial charge is 0.242 e. The molecule has 138 valence electrons. The molecule has 0 spiro atoms. The first-order chi connectivity index (χ1) is 12.5. The minimum atomic E-state index is -0.683. The second kappa shape index (κ2) is 9.70. The first-order valence-electron chi connectivity index (χ1n) is 8.87. The highest BCUT2D eigenvalue weighted by Gasteiger charge is 2.26. The summed E-state index contributed by atoms with van der Waals surface area (Å²) in [5, 5.41) is 2.81. The summed E-state index contributed by atoms with van der Waals surface area (Å²) in [6.07, 6.45) is 0.977. The van der Waals surface area contributed by atoms with Crippen molar-refractivity contribution in [1.82, 2.24) is 10.2 Å². The van der Waals surface area contributed by atoms with Crippen LogP contribution in [0.2, 0.25) is 0 Å². The summed E-state index contributed by atoms with van der Waals surface area (Å²) in [5.74, 6) is -0.825. The van der Waals surface area contributed by atoms with Gasteiger partial charge in [-0.3, -0.25) is 9.59 Å². The fourth-order valence-corrected chi connectivity index (χ4v) is 2.66. The predicted octanol–water partition coefficient (Wildman–Crippen LogP) is 3.31. The van der Waals surface area contributed by atoms with Gasteiger partial charge in [0.05, 0.1) is 6.42 Å². The van der Waals surface area contributed by atoms with Gasteiger partial charge in [-0.15, -0.1) is 0 Å². The molecule has 0 radical (unpaired) electrons. The SMILES string of the molecule is CCCNC(=O)[C@@H](C)N(Cc1ccccc1F)C(=O)Cc1ccccc1. The molecule has 2 aromatic rings. The quantitative estimate of drug-likeness (QED) is 0.789. The fraction of sp³-hybridized carbons (Fsp3) is 0.333. The molecule has 0 saturated heterocycles. The third kappa shape index (κ3) is 5.41. The van der Waals surface area contributed by atoms with Crippen LogP contribution < -0.4 is 5.32 Å². The normalized spacial score (nSPS) is 11.7. The second-order valence-corrected chi connectivity index (χ2v) is 6.24. The molecule has 2 rings (SSSR count). The van der Waals surface area contributed by atoms with Crippen molar-refractivity contribution in [3.05, 3.63) is 71.5 Å². The number of halogens is 1. The van der Waals surface area contributed by atoms with Crippen LogP contribution in [-0.4, -0.2) is 29.3 Å². The van der Waals surface area contributed by atoms with Crippen LogP contribution >= 0.6 is 0 Å². The van der Waals surface area contributed by atoms with Gasteiger partial charge in [0.25, 0.3) is 0 Å². The van der Waals surface area contributed by atoms with Crippen molar-refractivity contribution < 1.29 is 14.0 Å². The van der Waals surface area contributed by atoms with Gasteiger partial charge in [0.2, 0.25) is 11.8 Å². The number of amides is 2. The van der Waals surface area contributed by atoms with Gasteiger partial charge in [0.1, 0.15) is 11.9 Å². The average molecular weight is 356 g/mol. The number of carbonyl (C=O) groups excluding carboxylic acids is 2. The van der Waals surface area contributed by atoms with Gasteiger partial charge >= 0.3 is 0 Å². The monoisotopic (exact) mass is 356 g/mol. The molecule has 2 aromatic carbocycles. The van der Waals surface area contributed by atoms with Crippen LogP contribution in [0.25, 0.3) is 0 Å². The molecule has 0 bridgehead atoms. The highest BCUT2D eigenvalue weighted by Crippen LogP contribution is 2.15. The molecular formula is C21H25FN2O2. The zero-order valence-corrected chi connectivity index (χ0v) is 15.2. The van der Waals surface area contributed by atoms with Crippen molar-refractivity contribution in [3.8, 4) is 0 Å². The Morgan fingerprint density at radius 1 is 1.08 bits per heavy atom. The molecule has 0 unspecified atom stereocenters. The molecular weight excluding hydrogens is 331 g/mol. The van der Waals surface area contributed by atoms with Gasteiger partial charge in [-0.25, -0.2) is 4.39 Å². The zero-order chi connectivity index (χ0) is 18.9. The lowest BCUT2D eigenvalue weighted by Crippen LogP contribution is -2.48. The zero-order valence-electron chi connectivity index (χ0n) is 15.2. The lowest BCUT2D eigenvalue weighted by Gasteiger charge is -2.29. The first kappa shape index (κ1) is 19.6. The van der Waals surface area contributed by atoms with Crippen LogP contribution in [-0.2, 0) is 22.6 Å². The van der Waals surface area contributed by atoms with Gasteiger partial charge in [0.15, 0.2) is 0 Å². The highest BCUT2D eigenvalue weighted by molar-refractivity contribution is 5.88. The Morgan fingerprint density at radius 2 is 1.73 bits per heavy atom. The van der Waals surface area contributed by atoms with Crippen molar-refractivity contribution in [2.75, 3.05) is 6.54 Å². The Hall–Kier alpha value is -2.69. The Labute approximate surface area is 154 Å². The molecule has 0 aliphatic heterocycles. The van der Waals surface area contributed by atoms with Crippen LogP contribution in [0.4, 0.5) is 4.39 Å². The van der Waals surface area contributed by atoms with Gasteiger partial charge in [-0.2, -0.15) is 0 Å². The minimum absolute atomic E-state index is 0.0546. The van der Waals surface area contributed by atoms with E-state index in [0.29, 0.717) is 12.1 Å². The molecule has 5 heteroatoms. The number of hydrogen-bond acceptors (Lipinski definition) is 2. The molecule has 0 aromatic heterocycles. The van der Waals surface area contributed by atoms with E-state index >= 15 is 0 Å². The number of benzene rings is 2. The third-order valence-electron chi connectivity index (χ3n) is 4.21. The molecule has 0 heterocycles. The van der Waals surface area contributed by atoms with E-state index in [0.717, 1.165) is 12.0 Å². The van der Waals surface area contributed by atoms with Crippen molar-refractivity contribution >= 4 is 11.8 Å². The van der Waals surface area contributed by atoms with E-state index in [2.05, 4.69) is 5.32 Å². The largest absolute Gasteiger partial charge is 0.354 e. The molecule has 0 saturated carbocycles. The number of nitrogens with one attached hydrogen (secondary N) is 1. The maximum Gasteiger partial charge on any atom is 0.242 e. The number of nitrogens with zero attached hydrogens (tertiary/aromatic N) is 1. The Morgan fingerprint density at radius 3 is 2.38 bits per heavy atom. The average Bonchev–Trinajstić information content (AvgIpc) is 2.65. The van der Waals surface area contributed by atoms with Gasteiger partial charge < -0.3 is 10.2 Å². The number of carbonyl (C=O) groups is 2. The fourth-order valence-electron chi connectivity index (χ4n) is 2.66. The van der Waals surface area contributed by atoms with Crippen LogP contribution in [0.3, 0.4) is 0 Å². The standard InChI is InChI=1S/C21H25FN2O2/c1-3-13-23-21(26)16(2)24(15-18-11-7-8-12-19(18)22)20(25)14-17-9-5-4-6-10-17/h4-12,16H,3,13-15H2,1-2H3,(H,23,26)/t16-/m1/s1. The minimum Gasteiger partial charge on any atom is -0.354 e. The second-order valence-electron chi connectivity index (χ2n) is 6.24. The topological polar surface area (TPSA) is 49.4 Å². The molecule has 0 fully saturated rings. The van der Waals surface area contributed by atoms with E-state index in [1.165, 1.54) is 11.0 Å². The van der Waals surface area contributed by atoms with Crippen molar-refractivity contribution in [1.29, 1.82) is 0 Å². The van der Waals surface area contributed by atoms with E-state index in [9.17, 15) is 14.0 Å². The summed E-state index contributed by atoms with van der Waals surface area (Å²) in [7, 11) is 0. The number of hydrogen-bond donors (Lipinski definition) is 1. The van der Waals surface area contributed by atoms with E-state index < -0.39 is 6.04 Å². The lowest BCUT2D eigenvalue weighted by molar-refractivity contribution is -0.140. The Kier molecular flexibility index (Phi) is 7.33. The van der Waals surface area contributed by atoms with E-state index in [1.54, 1.807) is 25.1 Å². The van der Waals surface area contributed by atoms with Crippen LogP contribution in [0.1, 0.15) is 31.4 Å². The van der Waals surface area contributed by atoms with Gasteiger partial charge in [0, 0.05) is 18.7 Å². The Bertz CT molecular complexity index is 734.